The molecule has 1 rings (SSSR count). The van der Waals surface area contributed by atoms with Crippen molar-refractivity contribution in [2.24, 2.45) is 0 Å². The number of hydrogen-bond donors (Lipinski definition) is 1. The van der Waals surface area contributed by atoms with Gasteiger partial charge >= 0.3 is 0 Å². The number of rotatable bonds is 6. The molecule has 0 heterocycles. The number of benzene rings is 1. The van der Waals surface area contributed by atoms with Crippen LogP contribution in [0, 0.1) is 6.92 Å². The monoisotopic (exact) mass is 205 g/mol. The highest BCUT2D eigenvalue weighted by Gasteiger charge is 2.10. The molecule has 15 heavy (non-hydrogen) atoms. The van der Waals surface area contributed by atoms with Gasteiger partial charge in [-0.05, 0) is 37.4 Å². The van der Waals surface area contributed by atoms with E-state index in [1.54, 1.807) is 0 Å². The molecule has 0 fully saturated rings. The van der Waals surface area contributed by atoms with Crippen LogP contribution in [0.3, 0.4) is 0 Å². The van der Waals surface area contributed by atoms with E-state index in [2.05, 4.69) is 50.4 Å². The van der Waals surface area contributed by atoms with Crippen LogP contribution in [0.2, 0.25) is 0 Å². The molecule has 0 aliphatic rings. The molecular weight excluding hydrogens is 182 g/mol. The van der Waals surface area contributed by atoms with Gasteiger partial charge in [0.25, 0.3) is 0 Å². The third kappa shape index (κ3) is 3.67. The fourth-order valence-electron chi connectivity index (χ4n) is 1.95. The minimum Gasteiger partial charge on any atom is -0.310 e. The summed E-state index contributed by atoms with van der Waals surface area (Å²) in [6, 6.07) is 9.24. The van der Waals surface area contributed by atoms with Gasteiger partial charge in [-0.25, -0.2) is 0 Å². The van der Waals surface area contributed by atoms with Crippen LogP contribution in [0.15, 0.2) is 24.3 Å². The maximum absolute atomic E-state index is 3.63. The minimum atomic E-state index is 0.538. The van der Waals surface area contributed by atoms with Gasteiger partial charge in [0.2, 0.25) is 0 Å². The lowest BCUT2D eigenvalue weighted by molar-refractivity contribution is 0.492. The lowest BCUT2D eigenvalue weighted by Gasteiger charge is -2.20. The molecular formula is C14H23N. The molecule has 1 nitrogen and oxygen atoms in total. The van der Waals surface area contributed by atoms with Crippen molar-refractivity contribution in [1.29, 1.82) is 0 Å². The Bertz CT molecular complexity index is 280. The van der Waals surface area contributed by atoms with Gasteiger partial charge in [0, 0.05) is 6.04 Å². The van der Waals surface area contributed by atoms with Crippen LogP contribution in [-0.4, -0.2) is 6.54 Å². The average Bonchev–Trinajstić information content (AvgIpc) is 2.25. The molecule has 0 aliphatic heterocycles. The van der Waals surface area contributed by atoms with E-state index in [4.69, 9.17) is 0 Å². The van der Waals surface area contributed by atoms with Gasteiger partial charge in [0.15, 0.2) is 0 Å². The molecule has 0 aromatic heterocycles. The summed E-state index contributed by atoms with van der Waals surface area (Å²) >= 11 is 0. The lowest BCUT2D eigenvalue weighted by atomic mass is 9.98. The van der Waals surface area contributed by atoms with E-state index in [-0.39, 0.29) is 0 Å². The smallest absolute Gasteiger partial charge is 0.0322 e. The van der Waals surface area contributed by atoms with E-state index in [0.717, 1.165) is 6.54 Å². The maximum Gasteiger partial charge on any atom is 0.0322 e. The number of aryl methyl sites for hydroxylation is 1. The Labute approximate surface area is 93.9 Å². The van der Waals surface area contributed by atoms with Crippen molar-refractivity contribution in [3.8, 4) is 0 Å². The van der Waals surface area contributed by atoms with Crippen molar-refractivity contribution in [2.75, 3.05) is 6.54 Å². The van der Waals surface area contributed by atoms with Crippen molar-refractivity contribution in [2.45, 2.75) is 46.1 Å². The van der Waals surface area contributed by atoms with Crippen molar-refractivity contribution in [3.05, 3.63) is 35.4 Å². The van der Waals surface area contributed by atoms with E-state index >= 15 is 0 Å². The second-order valence-electron chi connectivity index (χ2n) is 4.15. The van der Waals surface area contributed by atoms with Gasteiger partial charge in [0.05, 0.1) is 0 Å². The van der Waals surface area contributed by atoms with Crippen LogP contribution in [-0.2, 0) is 0 Å². The zero-order valence-corrected chi connectivity index (χ0v) is 10.2. The first-order valence-electron chi connectivity index (χ1n) is 6.08. The Kier molecular flexibility index (Phi) is 5.41. The van der Waals surface area contributed by atoms with E-state index < -0.39 is 0 Å². The molecule has 1 unspecified atom stereocenters. The quantitative estimate of drug-likeness (QED) is 0.744. The zero-order valence-electron chi connectivity index (χ0n) is 10.2. The molecule has 0 amide bonds. The molecule has 0 bridgehead atoms. The first-order valence-corrected chi connectivity index (χ1v) is 6.08. The molecule has 0 aliphatic carbocycles. The normalized spacial score (nSPS) is 12.7. The largest absolute Gasteiger partial charge is 0.310 e. The minimum absolute atomic E-state index is 0.538. The average molecular weight is 205 g/mol. The van der Waals surface area contributed by atoms with Crippen LogP contribution in [0.4, 0.5) is 0 Å². The van der Waals surface area contributed by atoms with Crippen molar-refractivity contribution in [3.63, 3.8) is 0 Å². The summed E-state index contributed by atoms with van der Waals surface area (Å²) in [4.78, 5) is 0. The Morgan fingerprint density at radius 2 is 1.87 bits per heavy atom. The summed E-state index contributed by atoms with van der Waals surface area (Å²) < 4.78 is 0. The molecule has 0 saturated heterocycles. The fourth-order valence-corrected chi connectivity index (χ4v) is 1.95. The van der Waals surface area contributed by atoms with Gasteiger partial charge in [-0.3, -0.25) is 0 Å². The second kappa shape index (κ2) is 6.62. The molecule has 0 saturated carbocycles. The summed E-state index contributed by atoms with van der Waals surface area (Å²) in [5.41, 5.74) is 2.87. The van der Waals surface area contributed by atoms with Gasteiger partial charge in [0.1, 0.15) is 0 Å². The molecule has 0 spiro atoms. The molecule has 1 aromatic carbocycles. The van der Waals surface area contributed by atoms with Gasteiger partial charge in [-0.1, -0.05) is 44.5 Å². The first-order chi connectivity index (χ1) is 7.29. The van der Waals surface area contributed by atoms with E-state index in [1.165, 1.54) is 30.4 Å². The lowest BCUT2D eigenvalue weighted by Crippen LogP contribution is -2.22. The fraction of sp³-hybridized carbons (Fsp3) is 0.571. The first kappa shape index (κ1) is 12.3. The van der Waals surface area contributed by atoms with Crippen molar-refractivity contribution in [1.82, 2.24) is 5.32 Å². The topological polar surface area (TPSA) is 12.0 Å². The Morgan fingerprint density at radius 1 is 1.13 bits per heavy atom. The van der Waals surface area contributed by atoms with Crippen LogP contribution in [0.25, 0.3) is 0 Å². The maximum atomic E-state index is 3.63. The van der Waals surface area contributed by atoms with E-state index in [1.807, 2.05) is 0 Å². The second-order valence-corrected chi connectivity index (χ2v) is 4.15. The molecule has 1 aromatic rings. The third-order valence-electron chi connectivity index (χ3n) is 2.78. The Morgan fingerprint density at radius 3 is 2.47 bits per heavy atom. The van der Waals surface area contributed by atoms with Crippen molar-refractivity contribution < 1.29 is 0 Å². The Balaban J connectivity index is 2.74. The molecule has 1 atom stereocenters. The van der Waals surface area contributed by atoms with Crippen LogP contribution in [0.1, 0.15) is 50.3 Å². The molecule has 1 heteroatoms. The summed E-state index contributed by atoms with van der Waals surface area (Å²) in [5.74, 6) is 0. The van der Waals surface area contributed by atoms with Crippen molar-refractivity contribution >= 4 is 0 Å². The SMILES string of the molecule is CCCNC(CCC)c1ccccc1C. The van der Waals surface area contributed by atoms with Gasteiger partial charge < -0.3 is 5.32 Å². The summed E-state index contributed by atoms with van der Waals surface area (Å²) in [5, 5.41) is 3.63. The van der Waals surface area contributed by atoms with E-state index in [0.29, 0.717) is 6.04 Å². The molecule has 1 N–H and O–H groups in total. The number of hydrogen-bond acceptors (Lipinski definition) is 1. The standard InChI is InChI=1S/C14H23N/c1-4-8-14(15-11-5-2)13-10-7-6-9-12(13)3/h6-7,9-10,14-15H,4-5,8,11H2,1-3H3. The Hall–Kier alpha value is -0.820. The predicted molar refractivity (Wildman–Crippen MR) is 67.1 cm³/mol. The zero-order chi connectivity index (χ0) is 11.1. The summed E-state index contributed by atoms with van der Waals surface area (Å²) in [6.07, 6.45) is 3.66. The number of nitrogens with one attached hydrogen (secondary N) is 1. The highest BCUT2D eigenvalue weighted by molar-refractivity contribution is 5.28. The van der Waals surface area contributed by atoms with E-state index in [9.17, 15) is 0 Å². The predicted octanol–water partition coefficient (Wildman–Crippen LogP) is 3.84. The molecule has 0 radical (unpaired) electrons. The van der Waals surface area contributed by atoms with Crippen LogP contribution < -0.4 is 5.32 Å². The van der Waals surface area contributed by atoms with Gasteiger partial charge in [-0.15, -0.1) is 0 Å². The third-order valence-corrected chi connectivity index (χ3v) is 2.78. The highest BCUT2D eigenvalue weighted by Crippen LogP contribution is 2.21. The summed E-state index contributed by atoms with van der Waals surface area (Å²) in [6.45, 7) is 7.78. The van der Waals surface area contributed by atoms with Gasteiger partial charge in [-0.2, -0.15) is 0 Å². The highest BCUT2D eigenvalue weighted by atomic mass is 14.9. The summed E-state index contributed by atoms with van der Waals surface area (Å²) in [7, 11) is 0. The van der Waals surface area contributed by atoms with Crippen LogP contribution in [0.5, 0.6) is 0 Å². The molecule has 84 valence electrons. The van der Waals surface area contributed by atoms with Crippen LogP contribution >= 0.6 is 0 Å².